The molecule has 1 aromatic carbocycles. The fourth-order valence-corrected chi connectivity index (χ4v) is 3.15. The minimum absolute atomic E-state index is 0.396. The zero-order valence-corrected chi connectivity index (χ0v) is 11.4. The van der Waals surface area contributed by atoms with Crippen LogP contribution in [0.2, 0.25) is 0 Å². The molecule has 0 bridgehead atoms. The first-order chi connectivity index (χ1) is 8.13. The molecular formula is C12H10BrFO2S. The van der Waals surface area contributed by atoms with E-state index in [1.165, 1.54) is 36.6 Å². The lowest BCUT2D eigenvalue weighted by Gasteiger charge is -2.14. The van der Waals surface area contributed by atoms with E-state index in [0.29, 0.717) is 11.3 Å². The Bertz CT molecular complexity index is 527. The van der Waals surface area contributed by atoms with E-state index in [0.717, 1.165) is 9.35 Å². The molecule has 0 aliphatic heterocycles. The minimum Gasteiger partial charge on any atom is -0.496 e. The average Bonchev–Trinajstić information content (AvgIpc) is 2.74. The number of hydrogen-bond donors (Lipinski definition) is 1. The standard InChI is InChI=1S/C12H10BrFO2S/c1-16-10-3-2-7(14)6-8(10)11(15)12-9(13)4-5-17-12/h2-6,11,15H,1H3. The number of thiophene rings is 1. The van der Waals surface area contributed by atoms with Gasteiger partial charge in [0, 0.05) is 10.0 Å². The second kappa shape index (κ2) is 5.16. The maximum atomic E-state index is 13.2. The molecule has 1 heterocycles. The Morgan fingerprint density at radius 3 is 2.76 bits per heavy atom. The van der Waals surface area contributed by atoms with Crippen molar-refractivity contribution in [3.63, 3.8) is 0 Å². The van der Waals surface area contributed by atoms with Gasteiger partial charge >= 0.3 is 0 Å². The van der Waals surface area contributed by atoms with Gasteiger partial charge in [-0.1, -0.05) is 0 Å². The number of benzene rings is 1. The van der Waals surface area contributed by atoms with Crippen LogP contribution in [0.25, 0.3) is 0 Å². The quantitative estimate of drug-likeness (QED) is 0.934. The summed E-state index contributed by atoms with van der Waals surface area (Å²) in [4.78, 5) is 0.730. The number of halogens is 2. The van der Waals surface area contributed by atoms with Gasteiger partial charge in [0.25, 0.3) is 0 Å². The van der Waals surface area contributed by atoms with Gasteiger partial charge in [-0.2, -0.15) is 0 Å². The normalized spacial score (nSPS) is 12.5. The van der Waals surface area contributed by atoms with Crippen molar-refractivity contribution in [2.75, 3.05) is 7.11 Å². The topological polar surface area (TPSA) is 29.5 Å². The highest BCUT2D eigenvalue weighted by atomic mass is 79.9. The number of aliphatic hydroxyl groups is 1. The molecule has 0 spiro atoms. The Kier molecular flexibility index (Phi) is 3.81. The van der Waals surface area contributed by atoms with Crippen molar-refractivity contribution in [2.45, 2.75) is 6.10 Å². The second-order valence-electron chi connectivity index (χ2n) is 3.42. The summed E-state index contributed by atoms with van der Waals surface area (Å²) in [6.45, 7) is 0. The number of methoxy groups -OCH3 is 1. The van der Waals surface area contributed by atoms with E-state index in [9.17, 15) is 9.50 Å². The summed E-state index contributed by atoms with van der Waals surface area (Å²) >= 11 is 4.75. The van der Waals surface area contributed by atoms with Gasteiger partial charge in [-0.15, -0.1) is 11.3 Å². The van der Waals surface area contributed by atoms with Crippen LogP contribution in [0.3, 0.4) is 0 Å². The van der Waals surface area contributed by atoms with Crippen molar-refractivity contribution in [3.8, 4) is 5.75 Å². The molecular weight excluding hydrogens is 307 g/mol. The SMILES string of the molecule is COc1ccc(F)cc1C(O)c1sccc1Br. The lowest BCUT2D eigenvalue weighted by atomic mass is 10.1. The number of aliphatic hydroxyl groups excluding tert-OH is 1. The van der Waals surface area contributed by atoms with Crippen molar-refractivity contribution >= 4 is 27.3 Å². The molecule has 1 N–H and O–H groups in total. The van der Waals surface area contributed by atoms with Gasteiger partial charge in [0.1, 0.15) is 17.7 Å². The molecule has 17 heavy (non-hydrogen) atoms. The number of hydrogen-bond acceptors (Lipinski definition) is 3. The summed E-state index contributed by atoms with van der Waals surface area (Å²) < 4.78 is 19.1. The van der Waals surface area contributed by atoms with Crippen LogP contribution in [0.15, 0.2) is 34.1 Å². The zero-order valence-electron chi connectivity index (χ0n) is 8.98. The van der Waals surface area contributed by atoms with E-state index in [1.54, 1.807) is 0 Å². The molecule has 0 saturated heterocycles. The maximum absolute atomic E-state index is 13.2. The van der Waals surface area contributed by atoms with Gasteiger partial charge < -0.3 is 9.84 Å². The summed E-state index contributed by atoms with van der Waals surface area (Å²) in [5.41, 5.74) is 0.427. The summed E-state index contributed by atoms with van der Waals surface area (Å²) in [6.07, 6.45) is -0.893. The van der Waals surface area contributed by atoms with Crippen LogP contribution in [-0.2, 0) is 0 Å². The first kappa shape index (κ1) is 12.5. The van der Waals surface area contributed by atoms with Crippen molar-refractivity contribution in [2.24, 2.45) is 0 Å². The molecule has 0 aliphatic carbocycles. The van der Waals surface area contributed by atoms with Crippen LogP contribution in [0, 0.1) is 5.82 Å². The third kappa shape index (κ3) is 2.51. The van der Waals surface area contributed by atoms with Crippen LogP contribution >= 0.6 is 27.3 Å². The highest BCUT2D eigenvalue weighted by Gasteiger charge is 2.19. The van der Waals surface area contributed by atoms with E-state index in [2.05, 4.69) is 15.9 Å². The van der Waals surface area contributed by atoms with Gasteiger partial charge in [0.05, 0.1) is 12.0 Å². The van der Waals surface area contributed by atoms with E-state index >= 15 is 0 Å². The predicted molar refractivity (Wildman–Crippen MR) is 69.0 cm³/mol. The molecule has 90 valence electrons. The minimum atomic E-state index is -0.893. The smallest absolute Gasteiger partial charge is 0.125 e. The lowest BCUT2D eigenvalue weighted by Crippen LogP contribution is -2.02. The molecule has 1 aromatic heterocycles. The van der Waals surface area contributed by atoms with Crippen LogP contribution < -0.4 is 4.74 Å². The number of ether oxygens (including phenoxy) is 1. The first-order valence-electron chi connectivity index (χ1n) is 4.88. The number of rotatable bonds is 3. The molecule has 0 fully saturated rings. The molecule has 1 atom stereocenters. The molecule has 0 radical (unpaired) electrons. The Hall–Kier alpha value is -0.910. The molecule has 5 heteroatoms. The molecule has 0 aliphatic rings. The molecule has 2 rings (SSSR count). The van der Waals surface area contributed by atoms with Gasteiger partial charge in [-0.25, -0.2) is 4.39 Å². The Labute approximate surface area is 111 Å². The fraction of sp³-hybridized carbons (Fsp3) is 0.167. The van der Waals surface area contributed by atoms with E-state index in [1.807, 2.05) is 11.4 Å². The third-order valence-electron chi connectivity index (χ3n) is 2.38. The highest BCUT2D eigenvalue weighted by molar-refractivity contribution is 9.10. The monoisotopic (exact) mass is 316 g/mol. The fourth-order valence-electron chi connectivity index (χ4n) is 1.56. The van der Waals surface area contributed by atoms with E-state index < -0.39 is 11.9 Å². The zero-order chi connectivity index (χ0) is 12.4. The van der Waals surface area contributed by atoms with Gasteiger partial charge in [0.2, 0.25) is 0 Å². The summed E-state index contributed by atoms with van der Waals surface area (Å²) in [6, 6.07) is 5.94. The molecule has 0 amide bonds. The van der Waals surface area contributed by atoms with Crippen molar-refractivity contribution in [3.05, 3.63) is 50.4 Å². The van der Waals surface area contributed by atoms with E-state index in [4.69, 9.17) is 4.74 Å². The maximum Gasteiger partial charge on any atom is 0.125 e. The summed E-state index contributed by atoms with van der Waals surface area (Å²) in [5.74, 6) is 0.0757. The summed E-state index contributed by atoms with van der Waals surface area (Å²) in [7, 11) is 1.49. The first-order valence-corrected chi connectivity index (χ1v) is 6.55. The average molecular weight is 317 g/mol. The highest BCUT2D eigenvalue weighted by Crippen LogP contribution is 2.36. The van der Waals surface area contributed by atoms with Crippen molar-refractivity contribution in [1.82, 2.24) is 0 Å². The summed E-state index contributed by atoms with van der Waals surface area (Å²) in [5, 5.41) is 12.1. The van der Waals surface area contributed by atoms with Crippen molar-refractivity contribution < 1.29 is 14.2 Å². The Balaban J connectivity index is 2.46. The molecule has 2 nitrogen and oxygen atoms in total. The van der Waals surface area contributed by atoms with Crippen molar-refractivity contribution in [1.29, 1.82) is 0 Å². The van der Waals surface area contributed by atoms with E-state index in [-0.39, 0.29) is 0 Å². The molecule has 1 unspecified atom stereocenters. The largest absolute Gasteiger partial charge is 0.496 e. The lowest BCUT2D eigenvalue weighted by molar-refractivity contribution is 0.217. The Morgan fingerprint density at radius 1 is 1.41 bits per heavy atom. The van der Waals surface area contributed by atoms with Crippen LogP contribution in [0.1, 0.15) is 16.5 Å². The molecule has 0 saturated carbocycles. The van der Waals surface area contributed by atoms with Crippen LogP contribution in [0.5, 0.6) is 5.75 Å². The van der Waals surface area contributed by atoms with Crippen LogP contribution in [-0.4, -0.2) is 12.2 Å². The molecule has 2 aromatic rings. The third-order valence-corrected chi connectivity index (χ3v) is 4.30. The van der Waals surface area contributed by atoms with Gasteiger partial charge in [0.15, 0.2) is 0 Å². The second-order valence-corrected chi connectivity index (χ2v) is 5.22. The van der Waals surface area contributed by atoms with Crippen LogP contribution in [0.4, 0.5) is 4.39 Å². The van der Waals surface area contributed by atoms with Gasteiger partial charge in [-0.3, -0.25) is 0 Å². The predicted octanol–water partition coefficient (Wildman–Crippen LogP) is 3.74. The van der Waals surface area contributed by atoms with Gasteiger partial charge in [-0.05, 0) is 45.6 Å². The Morgan fingerprint density at radius 2 is 2.18 bits per heavy atom.